The van der Waals surface area contributed by atoms with Crippen molar-refractivity contribution >= 4 is 5.91 Å². The van der Waals surface area contributed by atoms with Gasteiger partial charge < -0.3 is 4.90 Å². The summed E-state index contributed by atoms with van der Waals surface area (Å²) in [7, 11) is 0. The molecule has 0 aliphatic carbocycles. The number of carbonyl (C=O) groups is 1. The highest BCUT2D eigenvalue weighted by Crippen LogP contribution is 2.32. The van der Waals surface area contributed by atoms with Crippen molar-refractivity contribution < 1.29 is 4.79 Å². The van der Waals surface area contributed by atoms with Crippen molar-refractivity contribution in [1.29, 1.82) is 0 Å². The van der Waals surface area contributed by atoms with Gasteiger partial charge in [0.15, 0.2) is 0 Å². The smallest absolute Gasteiger partial charge is 0.272 e. The van der Waals surface area contributed by atoms with E-state index in [0.29, 0.717) is 5.69 Å². The van der Waals surface area contributed by atoms with Gasteiger partial charge in [-0.05, 0) is 31.0 Å². The van der Waals surface area contributed by atoms with Gasteiger partial charge in [-0.3, -0.25) is 14.9 Å². The van der Waals surface area contributed by atoms with Crippen molar-refractivity contribution in [3.8, 4) is 11.3 Å². The molecule has 1 unspecified atom stereocenters. The standard InChI is InChI=1S/C19H18N4O/c24-19(17-13-16(21-22-17)14-7-2-1-3-8-14)23-12-6-10-18(23)15-9-4-5-11-20-15/h1-5,7-9,11,13,18H,6,10,12H2,(H,21,22). The van der Waals surface area contributed by atoms with Crippen LogP contribution in [0.1, 0.15) is 35.1 Å². The van der Waals surface area contributed by atoms with Crippen LogP contribution < -0.4 is 0 Å². The van der Waals surface area contributed by atoms with Crippen molar-refractivity contribution in [2.45, 2.75) is 18.9 Å². The fourth-order valence-electron chi connectivity index (χ4n) is 3.23. The zero-order valence-electron chi connectivity index (χ0n) is 13.2. The molecule has 5 heteroatoms. The van der Waals surface area contributed by atoms with E-state index in [0.717, 1.165) is 36.3 Å². The number of benzene rings is 1. The lowest BCUT2D eigenvalue weighted by Gasteiger charge is -2.23. The molecule has 0 spiro atoms. The topological polar surface area (TPSA) is 61.9 Å². The maximum atomic E-state index is 12.9. The van der Waals surface area contributed by atoms with E-state index < -0.39 is 0 Å². The molecule has 4 rings (SSSR count). The average Bonchev–Trinajstić information content (AvgIpc) is 3.32. The Morgan fingerprint density at radius 2 is 1.96 bits per heavy atom. The Labute approximate surface area is 140 Å². The minimum atomic E-state index is -0.0159. The van der Waals surface area contributed by atoms with Crippen LogP contribution in [0.15, 0.2) is 60.8 Å². The minimum absolute atomic E-state index is 0.0159. The fourth-order valence-corrected chi connectivity index (χ4v) is 3.23. The molecule has 0 radical (unpaired) electrons. The Hall–Kier alpha value is -2.95. The Bertz CT molecular complexity index is 829. The van der Waals surface area contributed by atoms with Gasteiger partial charge in [0, 0.05) is 18.3 Å². The lowest BCUT2D eigenvalue weighted by molar-refractivity contribution is 0.0727. The third-order valence-corrected chi connectivity index (χ3v) is 4.42. The molecule has 1 aliphatic rings. The van der Waals surface area contributed by atoms with Gasteiger partial charge in [0.25, 0.3) is 5.91 Å². The number of rotatable bonds is 3. The maximum Gasteiger partial charge on any atom is 0.272 e. The quantitative estimate of drug-likeness (QED) is 0.804. The van der Waals surface area contributed by atoms with E-state index in [4.69, 9.17) is 0 Å². The molecule has 0 saturated carbocycles. The van der Waals surface area contributed by atoms with Gasteiger partial charge >= 0.3 is 0 Å². The Morgan fingerprint density at radius 1 is 1.12 bits per heavy atom. The van der Waals surface area contributed by atoms with Gasteiger partial charge in [0.2, 0.25) is 0 Å². The summed E-state index contributed by atoms with van der Waals surface area (Å²) in [6.07, 6.45) is 3.72. The predicted octanol–water partition coefficient (Wildman–Crippen LogP) is 3.45. The summed E-state index contributed by atoms with van der Waals surface area (Å²) in [6, 6.07) is 17.6. The van der Waals surface area contributed by atoms with Crippen LogP contribution >= 0.6 is 0 Å². The number of hydrogen-bond donors (Lipinski definition) is 1. The number of nitrogens with zero attached hydrogens (tertiary/aromatic N) is 3. The summed E-state index contributed by atoms with van der Waals surface area (Å²) >= 11 is 0. The van der Waals surface area contributed by atoms with Crippen LogP contribution in [-0.2, 0) is 0 Å². The molecule has 24 heavy (non-hydrogen) atoms. The fraction of sp³-hybridized carbons (Fsp3) is 0.211. The summed E-state index contributed by atoms with van der Waals surface area (Å²) in [4.78, 5) is 19.2. The third-order valence-electron chi connectivity index (χ3n) is 4.42. The molecule has 0 bridgehead atoms. The number of nitrogens with one attached hydrogen (secondary N) is 1. The van der Waals surface area contributed by atoms with Crippen LogP contribution in [0.25, 0.3) is 11.3 Å². The van der Waals surface area contributed by atoms with E-state index in [1.54, 1.807) is 6.20 Å². The highest BCUT2D eigenvalue weighted by atomic mass is 16.2. The normalized spacial score (nSPS) is 17.2. The van der Waals surface area contributed by atoms with E-state index in [2.05, 4.69) is 15.2 Å². The average molecular weight is 318 g/mol. The van der Waals surface area contributed by atoms with Gasteiger partial charge in [0.05, 0.1) is 17.4 Å². The first kappa shape index (κ1) is 14.6. The van der Waals surface area contributed by atoms with Crippen molar-refractivity contribution in [3.63, 3.8) is 0 Å². The summed E-state index contributed by atoms with van der Waals surface area (Å²) < 4.78 is 0. The lowest BCUT2D eigenvalue weighted by Crippen LogP contribution is -2.31. The molecule has 3 heterocycles. The second-order valence-electron chi connectivity index (χ2n) is 5.94. The van der Waals surface area contributed by atoms with Crippen LogP contribution in [-0.4, -0.2) is 32.5 Å². The van der Waals surface area contributed by atoms with E-state index in [9.17, 15) is 4.79 Å². The molecule has 1 aliphatic heterocycles. The molecule has 1 atom stereocenters. The number of carbonyl (C=O) groups excluding carboxylic acids is 1. The lowest BCUT2D eigenvalue weighted by atomic mass is 10.1. The van der Waals surface area contributed by atoms with Crippen LogP contribution in [0.4, 0.5) is 0 Å². The number of aromatic amines is 1. The summed E-state index contributed by atoms with van der Waals surface area (Å²) in [5, 5.41) is 7.18. The molecule has 1 N–H and O–H groups in total. The van der Waals surface area contributed by atoms with E-state index in [-0.39, 0.29) is 11.9 Å². The molecule has 1 aromatic carbocycles. The summed E-state index contributed by atoms with van der Waals surface area (Å²) in [6.45, 7) is 0.750. The van der Waals surface area contributed by atoms with Crippen molar-refractivity contribution in [2.24, 2.45) is 0 Å². The SMILES string of the molecule is O=C(c1cc(-c2ccccc2)n[nH]1)N1CCCC1c1ccccn1. The number of likely N-dealkylation sites (tertiary alicyclic amines) is 1. The van der Waals surface area contributed by atoms with Gasteiger partial charge in [-0.25, -0.2) is 0 Å². The van der Waals surface area contributed by atoms with E-state index >= 15 is 0 Å². The van der Waals surface area contributed by atoms with Crippen molar-refractivity contribution in [2.75, 3.05) is 6.54 Å². The number of amides is 1. The first-order chi connectivity index (χ1) is 11.8. The van der Waals surface area contributed by atoms with Gasteiger partial charge in [0.1, 0.15) is 5.69 Å². The highest BCUT2D eigenvalue weighted by Gasteiger charge is 2.32. The first-order valence-corrected chi connectivity index (χ1v) is 8.15. The summed E-state index contributed by atoms with van der Waals surface area (Å²) in [5.74, 6) is -0.0159. The van der Waals surface area contributed by atoms with Crippen LogP contribution in [0.2, 0.25) is 0 Å². The number of pyridine rings is 1. The molecular formula is C19H18N4O. The molecule has 3 aromatic rings. The molecule has 1 saturated heterocycles. The molecule has 2 aromatic heterocycles. The van der Waals surface area contributed by atoms with Crippen molar-refractivity contribution in [3.05, 3.63) is 72.2 Å². The van der Waals surface area contributed by atoms with Crippen LogP contribution in [0.5, 0.6) is 0 Å². The molecule has 5 nitrogen and oxygen atoms in total. The van der Waals surface area contributed by atoms with Crippen molar-refractivity contribution in [1.82, 2.24) is 20.1 Å². The number of aromatic nitrogens is 3. The number of hydrogen-bond acceptors (Lipinski definition) is 3. The van der Waals surface area contributed by atoms with E-state index in [1.807, 2.05) is 59.5 Å². The van der Waals surface area contributed by atoms with Gasteiger partial charge in [-0.1, -0.05) is 36.4 Å². The second kappa shape index (κ2) is 6.28. The zero-order valence-corrected chi connectivity index (χ0v) is 13.2. The minimum Gasteiger partial charge on any atom is -0.329 e. The maximum absolute atomic E-state index is 12.9. The molecular weight excluding hydrogens is 300 g/mol. The van der Waals surface area contributed by atoms with Crippen LogP contribution in [0, 0.1) is 0 Å². The first-order valence-electron chi connectivity index (χ1n) is 8.15. The Kier molecular flexibility index (Phi) is 3.83. The molecule has 120 valence electrons. The molecule has 1 fully saturated rings. The monoisotopic (exact) mass is 318 g/mol. The molecule has 1 amide bonds. The third kappa shape index (κ3) is 2.69. The second-order valence-corrected chi connectivity index (χ2v) is 5.94. The largest absolute Gasteiger partial charge is 0.329 e. The van der Waals surface area contributed by atoms with Gasteiger partial charge in [-0.2, -0.15) is 5.10 Å². The Morgan fingerprint density at radius 3 is 2.75 bits per heavy atom. The number of H-pyrrole nitrogens is 1. The predicted molar refractivity (Wildman–Crippen MR) is 91.3 cm³/mol. The summed E-state index contributed by atoms with van der Waals surface area (Å²) in [5.41, 5.74) is 3.26. The van der Waals surface area contributed by atoms with E-state index in [1.165, 1.54) is 0 Å². The van der Waals surface area contributed by atoms with Gasteiger partial charge in [-0.15, -0.1) is 0 Å². The Balaban J connectivity index is 1.58. The van der Waals surface area contributed by atoms with Crippen LogP contribution in [0.3, 0.4) is 0 Å². The highest BCUT2D eigenvalue weighted by molar-refractivity contribution is 5.93. The zero-order chi connectivity index (χ0) is 16.4.